The number of rotatable bonds is 27. The number of hydrogen-bond donors (Lipinski definition) is 4. The molecule has 0 aromatic rings. The highest BCUT2D eigenvalue weighted by Crippen LogP contribution is 2.43. The van der Waals surface area contributed by atoms with Gasteiger partial charge in [-0.1, -0.05) is 103 Å². The maximum atomic E-state index is 11.6. The molecule has 0 aromatic heterocycles. The van der Waals surface area contributed by atoms with E-state index in [-0.39, 0.29) is 6.61 Å². The Morgan fingerprint density at radius 1 is 0.806 bits per heavy atom. The maximum Gasteiger partial charge on any atom is 0.472 e. The van der Waals surface area contributed by atoms with Gasteiger partial charge in [-0.3, -0.25) is 13.8 Å². The summed E-state index contributed by atoms with van der Waals surface area (Å²) in [6.45, 7) is 0.977. The number of phosphoric ester groups is 1. The molecule has 0 aliphatic heterocycles. The lowest BCUT2D eigenvalue weighted by molar-refractivity contribution is -0.139. The molecule has 5 N–H and O–H groups in total. The number of aliphatic carboxylic acids is 1. The van der Waals surface area contributed by atoms with E-state index in [1.165, 1.54) is 103 Å². The van der Waals surface area contributed by atoms with Crippen LogP contribution in [0.25, 0.3) is 0 Å². The van der Waals surface area contributed by atoms with Gasteiger partial charge in [0, 0.05) is 0 Å². The summed E-state index contributed by atoms with van der Waals surface area (Å²) in [5, 5.41) is 18.3. The van der Waals surface area contributed by atoms with Crippen molar-refractivity contribution in [3.05, 3.63) is 12.3 Å². The van der Waals surface area contributed by atoms with Crippen molar-refractivity contribution in [1.82, 2.24) is 0 Å². The first kappa shape index (κ1) is 35.0. The molecule has 3 atom stereocenters. The van der Waals surface area contributed by atoms with Gasteiger partial charge in [0.2, 0.25) is 0 Å². The van der Waals surface area contributed by atoms with Gasteiger partial charge in [0.25, 0.3) is 0 Å². The third-order valence-electron chi connectivity index (χ3n) is 5.87. The lowest BCUT2D eigenvalue weighted by atomic mass is 10.0. The summed E-state index contributed by atoms with van der Waals surface area (Å²) in [6, 6.07) is -1.44. The van der Waals surface area contributed by atoms with Gasteiger partial charge in [0.05, 0.1) is 19.5 Å². The zero-order valence-electron chi connectivity index (χ0n) is 22.4. The molecule has 0 bridgehead atoms. The summed E-state index contributed by atoms with van der Waals surface area (Å²) in [4.78, 5) is 20.0. The average Bonchev–Trinajstić information content (AvgIpc) is 2.85. The normalized spacial score (nSPS) is 15.1. The summed E-state index contributed by atoms with van der Waals surface area (Å²) in [5.41, 5.74) is 5.18. The number of aliphatic hydroxyl groups excluding tert-OH is 1. The van der Waals surface area contributed by atoms with Crippen LogP contribution in [0.2, 0.25) is 0 Å². The average molecular weight is 538 g/mol. The number of carbonyl (C=O) groups is 1. The number of unbranched alkanes of at least 4 members (excludes halogenated alkanes) is 16. The van der Waals surface area contributed by atoms with Crippen molar-refractivity contribution in [2.45, 2.75) is 128 Å². The van der Waals surface area contributed by atoms with Crippen molar-refractivity contribution in [1.29, 1.82) is 0 Å². The van der Waals surface area contributed by atoms with Crippen LogP contribution < -0.4 is 5.73 Å². The highest BCUT2D eigenvalue weighted by atomic mass is 31.2. The molecule has 10 heteroatoms. The third-order valence-corrected chi connectivity index (χ3v) is 6.82. The topological polar surface area (TPSA) is 149 Å². The van der Waals surface area contributed by atoms with Crippen molar-refractivity contribution in [2.75, 3.05) is 19.8 Å². The SMILES string of the molecule is CCCCCCCCCCCCCCCCCC/C=C\OC[C@@H](O)COP(=O)(O)OC[C@H](N)C(=O)O. The number of ether oxygens (including phenoxy) is 1. The van der Waals surface area contributed by atoms with Crippen LogP contribution in [0.5, 0.6) is 0 Å². The minimum Gasteiger partial charge on any atom is -0.499 e. The number of hydrogen-bond acceptors (Lipinski definition) is 7. The van der Waals surface area contributed by atoms with Gasteiger partial charge < -0.3 is 25.6 Å². The van der Waals surface area contributed by atoms with E-state index in [1.807, 2.05) is 6.08 Å². The Morgan fingerprint density at radius 2 is 1.25 bits per heavy atom. The molecule has 0 aliphatic carbocycles. The molecule has 9 nitrogen and oxygen atoms in total. The smallest absolute Gasteiger partial charge is 0.472 e. The quantitative estimate of drug-likeness (QED) is 0.0556. The maximum absolute atomic E-state index is 11.6. The standard InChI is InChI=1S/C26H52NO8P/c1-2-3-4-5-6-7-8-9-10-11-12-13-14-15-16-17-18-19-20-33-21-24(28)22-34-36(31,32)35-23-25(27)26(29)30/h19-20,24-25,28H,2-18,21-23,27H2,1H3,(H,29,30)(H,31,32)/b20-19-/t24-,25+/m1/s1. The molecule has 36 heavy (non-hydrogen) atoms. The molecule has 214 valence electrons. The van der Waals surface area contributed by atoms with Crippen LogP contribution in [0.4, 0.5) is 0 Å². The van der Waals surface area contributed by atoms with Gasteiger partial charge in [-0.25, -0.2) is 4.57 Å². The Morgan fingerprint density at radius 3 is 1.72 bits per heavy atom. The fourth-order valence-corrected chi connectivity index (χ4v) is 4.41. The highest BCUT2D eigenvalue weighted by Gasteiger charge is 2.25. The minimum absolute atomic E-state index is 0.107. The van der Waals surface area contributed by atoms with Gasteiger partial charge in [-0.05, 0) is 18.9 Å². The van der Waals surface area contributed by atoms with Crippen molar-refractivity contribution >= 4 is 13.8 Å². The number of nitrogens with two attached hydrogens (primary N) is 1. The summed E-state index contributed by atoms with van der Waals surface area (Å²) in [6.07, 6.45) is 24.6. The van der Waals surface area contributed by atoms with E-state index in [9.17, 15) is 19.4 Å². The third kappa shape index (κ3) is 24.7. The number of allylic oxidation sites excluding steroid dienone is 1. The van der Waals surface area contributed by atoms with E-state index in [1.54, 1.807) is 0 Å². The molecular formula is C26H52NO8P. The molecular weight excluding hydrogens is 485 g/mol. The van der Waals surface area contributed by atoms with Crippen molar-refractivity contribution < 1.29 is 38.3 Å². The molecule has 1 unspecified atom stereocenters. The molecule has 0 rings (SSSR count). The fraction of sp³-hybridized carbons (Fsp3) is 0.885. The summed E-state index contributed by atoms with van der Waals surface area (Å²) >= 11 is 0. The largest absolute Gasteiger partial charge is 0.499 e. The van der Waals surface area contributed by atoms with Crippen LogP contribution in [0, 0.1) is 0 Å². The minimum atomic E-state index is -4.50. The fourth-order valence-electron chi connectivity index (χ4n) is 3.62. The molecule has 0 aromatic carbocycles. The van der Waals surface area contributed by atoms with Gasteiger partial charge in [-0.2, -0.15) is 0 Å². The number of aliphatic hydroxyl groups is 1. The van der Waals surface area contributed by atoms with Crippen molar-refractivity contribution in [3.63, 3.8) is 0 Å². The predicted octanol–water partition coefficient (Wildman–Crippen LogP) is 6.07. The Kier molecular flexibility index (Phi) is 23.7. The Labute approximate surface area is 218 Å². The second-order valence-electron chi connectivity index (χ2n) is 9.46. The lowest BCUT2D eigenvalue weighted by Crippen LogP contribution is -2.34. The molecule has 0 fully saturated rings. The van der Waals surface area contributed by atoms with E-state index in [4.69, 9.17) is 15.6 Å². The first-order valence-electron chi connectivity index (χ1n) is 13.8. The van der Waals surface area contributed by atoms with Crippen molar-refractivity contribution in [2.24, 2.45) is 5.73 Å². The van der Waals surface area contributed by atoms with Crippen LogP contribution in [0.3, 0.4) is 0 Å². The van der Waals surface area contributed by atoms with Gasteiger partial charge in [0.15, 0.2) is 0 Å². The molecule has 0 heterocycles. The molecule has 0 spiro atoms. The summed E-state index contributed by atoms with van der Waals surface area (Å²) < 4.78 is 25.9. The zero-order valence-corrected chi connectivity index (χ0v) is 23.3. The van der Waals surface area contributed by atoms with Gasteiger partial charge in [0.1, 0.15) is 18.8 Å². The zero-order chi connectivity index (χ0) is 26.9. The van der Waals surface area contributed by atoms with Crippen LogP contribution in [0.1, 0.15) is 116 Å². The van der Waals surface area contributed by atoms with E-state index in [2.05, 4.69) is 16.0 Å². The number of phosphoric acid groups is 1. The van der Waals surface area contributed by atoms with Crippen LogP contribution >= 0.6 is 7.82 Å². The first-order valence-corrected chi connectivity index (χ1v) is 15.3. The second kappa shape index (κ2) is 24.4. The molecule has 0 aliphatic rings. The lowest BCUT2D eigenvalue weighted by Gasteiger charge is -2.16. The number of carboxylic acid groups (broad SMARTS) is 1. The summed E-state index contributed by atoms with van der Waals surface area (Å²) in [5.74, 6) is -1.37. The van der Waals surface area contributed by atoms with Gasteiger partial charge >= 0.3 is 13.8 Å². The Bertz CT molecular complexity index is 590. The molecule has 0 saturated heterocycles. The van der Waals surface area contributed by atoms with Crippen molar-refractivity contribution in [3.8, 4) is 0 Å². The second-order valence-corrected chi connectivity index (χ2v) is 10.9. The molecule has 0 amide bonds. The van der Waals surface area contributed by atoms with E-state index < -0.39 is 39.2 Å². The first-order chi connectivity index (χ1) is 17.3. The summed E-state index contributed by atoms with van der Waals surface area (Å²) in [7, 11) is -4.50. The van der Waals surface area contributed by atoms with Crippen LogP contribution in [-0.4, -0.2) is 53.0 Å². The van der Waals surface area contributed by atoms with E-state index in [0.29, 0.717) is 0 Å². The number of carboxylic acids is 1. The van der Waals surface area contributed by atoms with E-state index in [0.717, 1.165) is 12.8 Å². The van der Waals surface area contributed by atoms with Crippen LogP contribution in [0.15, 0.2) is 12.3 Å². The molecule has 0 radical (unpaired) electrons. The highest BCUT2D eigenvalue weighted by molar-refractivity contribution is 7.47. The predicted molar refractivity (Wildman–Crippen MR) is 143 cm³/mol. The molecule has 0 saturated carbocycles. The Hall–Kier alpha value is -0.960. The van der Waals surface area contributed by atoms with Crippen LogP contribution in [-0.2, 0) is 23.1 Å². The monoisotopic (exact) mass is 537 g/mol. The van der Waals surface area contributed by atoms with E-state index >= 15 is 0 Å². The Balaban J connectivity index is 3.44. The van der Waals surface area contributed by atoms with Gasteiger partial charge in [-0.15, -0.1) is 0 Å².